The number of rotatable bonds is 0. The third-order valence-corrected chi connectivity index (χ3v) is 7.55. The van der Waals surface area contributed by atoms with E-state index >= 15 is 0 Å². The molecule has 0 saturated carbocycles. The molecule has 0 radical (unpaired) electrons. The van der Waals surface area contributed by atoms with E-state index in [1.54, 1.807) is 0 Å². The van der Waals surface area contributed by atoms with Crippen LogP contribution in [0.15, 0.2) is 42.2 Å². The van der Waals surface area contributed by atoms with Gasteiger partial charge in [0, 0.05) is 17.9 Å². The first-order valence-electron chi connectivity index (χ1n) is 6.85. The van der Waals surface area contributed by atoms with Crippen molar-refractivity contribution in [3.05, 3.63) is 42.2 Å². The molecule has 0 unspecified atom stereocenters. The highest BCUT2D eigenvalue weighted by Gasteiger charge is 2.31. The fourth-order valence-electron chi connectivity index (χ4n) is 2.70. The van der Waals surface area contributed by atoms with Gasteiger partial charge in [-0.15, -0.1) is 0 Å². The number of benzene rings is 2. The van der Waals surface area contributed by atoms with Crippen LogP contribution in [-0.4, -0.2) is 19.9 Å². The minimum Gasteiger partial charge on any atom is -0.242 e. The summed E-state index contributed by atoms with van der Waals surface area (Å²) in [6.07, 6.45) is 0. The van der Waals surface area contributed by atoms with Crippen LogP contribution in [0.3, 0.4) is 0 Å². The SMILES string of the molecule is Brc1cc2nc3c(nc2cc1Br)-c1nc2cc(Br)c(Br)cc2nc1-3. The maximum atomic E-state index is 4.72. The Morgan fingerprint density at radius 1 is 0.417 bits per heavy atom. The largest absolute Gasteiger partial charge is 0.242 e. The van der Waals surface area contributed by atoms with Crippen LogP contribution in [0.2, 0.25) is 0 Å². The van der Waals surface area contributed by atoms with Crippen LogP contribution in [0.4, 0.5) is 0 Å². The van der Waals surface area contributed by atoms with Gasteiger partial charge in [0.1, 0.15) is 22.8 Å². The van der Waals surface area contributed by atoms with E-state index in [1.807, 2.05) is 24.3 Å². The van der Waals surface area contributed by atoms with Crippen molar-refractivity contribution in [2.45, 2.75) is 0 Å². The molecule has 116 valence electrons. The van der Waals surface area contributed by atoms with E-state index in [2.05, 4.69) is 63.7 Å². The number of fused-ring (bicyclic) bond motifs is 6. The van der Waals surface area contributed by atoms with Crippen molar-refractivity contribution in [1.82, 2.24) is 19.9 Å². The highest BCUT2D eigenvalue weighted by molar-refractivity contribution is 9.13. The van der Waals surface area contributed by atoms with Gasteiger partial charge in [-0.1, -0.05) is 0 Å². The molecule has 0 bridgehead atoms. The van der Waals surface area contributed by atoms with E-state index in [-0.39, 0.29) is 0 Å². The van der Waals surface area contributed by atoms with Crippen molar-refractivity contribution in [3.8, 4) is 22.8 Å². The Labute approximate surface area is 169 Å². The van der Waals surface area contributed by atoms with Crippen molar-refractivity contribution < 1.29 is 0 Å². The summed E-state index contributed by atoms with van der Waals surface area (Å²) in [5, 5.41) is 0. The number of hydrogen-bond acceptors (Lipinski definition) is 4. The normalized spacial score (nSPS) is 12.2. The van der Waals surface area contributed by atoms with Gasteiger partial charge in [-0.05, 0) is 88.0 Å². The predicted octanol–water partition coefficient (Wildman–Crippen LogP) is 6.27. The maximum absolute atomic E-state index is 4.72. The minimum absolute atomic E-state index is 0.806. The van der Waals surface area contributed by atoms with E-state index in [1.165, 1.54) is 0 Å². The second kappa shape index (κ2) is 5.27. The summed E-state index contributed by atoms with van der Waals surface area (Å²) in [6.45, 7) is 0. The van der Waals surface area contributed by atoms with Crippen molar-refractivity contribution in [3.63, 3.8) is 0 Å². The molecular formula is C16H4Br4N4. The zero-order chi connectivity index (χ0) is 16.6. The third kappa shape index (κ3) is 2.13. The standard InChI is InChI=1S/C16H4Br4N4/c17-5-1-9-10(2-6(5)18)22-14-13(21-9)15-16(14)24-12-4-8(20)7(19)3-11(12)23-15/h1-4H. The molecule has 24 heavy (non-hydrogen) atoms. The molecule has 0 aliphatic heterocycles. The molecule has 2 aromatic heterocycles. The van der Waals surface area contributed by atoms with Gasteiger partial charge in [0.05, 0.1) is 22.1 Å². The van der Waals surface area contributed by atoms with Gasteiger partial charge in [0.2, 0.25) is 0 Å². The van der Waals surface area contributed by atoms with Crippen LogP contribution in [0.1, 0.15) is 0 Å². The number of halogens is 4. The fraction of sp³-hybridized carbons (Fsp3) is 0. The highest BCUT2D eigenvalue weighted by Crippen LogP contribution is 2.44. The lowest BCUT2D eigenvalue weighted by molar-refractivity contribution is 1.15. The summed E-state index contributed by atoms with van der Waals surface area (Å²) in [4.78, 5) is 18.9. The van der Waals surface area contributed by atoms with Crippen molar-refractivity contribution in [1.29, 1.82) is 0 Å². The Balaban J connectivity index is 1.78. The van der Waals surface area contributed by atoms with Crippen LogP contribution < -0.4 is 0 Å². The average Bonchev–Trinajstić information content (AvgIpc) is 2.55. The second-order valence-electron chi connectivity index (χ2n) is 5.35. The van der Waals surface area contributed by atoms with Gasteiger partial charge >= 0.3 is 0 Å². The van der Waals surface area contributed by atoms with E-state index < -0.39 is 0 Å². The lowest BCUT2D eigenvalue weighted by Gasteiger charge is -2.20. The van der Waals surface area contributed by atoms with Gasteiger partial charge in [-0.25, -0.2) is 19.9 Å². The molecule has 8 heteroatoms. The highest BCUT2D eigenvalue weighted by atomic mass is 79.9. The first-order chi connectivity index (χ1) is 11.5. The zero-order valence-corrected chi connectivity index (χ0v) is 18.0. The van der Waals surface area contributed by atoms with Crippen molar-refractivity contribution >= 4 is 85.8 Å². The Hall–Kier alpha value is -0.960. The fourth-order valence-corrected chi connectivity index (χ4v) is 4.03. The topological polar surface area (TPSA) is 51.6 Å². The van der Waals surface area contributed by atoms with Crippen molar-refractivity contribution in [2.24, 2.45) is 0 Å². The van der Waals surface area contributed by atoms with Gasteiger partial charge < -0.3 is 0 Å². The lowest BCUT2D eigenvalue weighted by atomic mass is 9.98. The molecule has 4 aromatic rings. The molecule has 0 saturated heterocycles. The molecule has 1 aliphatic rings. The molecule has 0 N–H and O–H groups in total. The summed E-state index contributed by atoms with van der Waals surface area (Å²) >= 11 is 14.0. The van der Waals surface area contributed by atoms with E-state index in [0.717, 1.165) is 62.7 Å². The predicted molar refractivity (Wildman–Crippen MR) is 108 cm³/mol. The van der Waals surface area contributed by atoms with Gasteiger partial charge in [0.15, 0.2) is 0 Å². The van der Waals surface area contributed by atoms with Gasteiger partial charge in [-0.2, -0.15) is 0 Å². The van der Waals surface area contributed by atoms with Crippen LogP contribution in [0, 0.1) is 0 Å². The van der Waals surface area contributed by atoms with Gasteiger partial charge in [0.25, 0.3) is 0 Å². The Kier molecular flexibility index (Phi) is 3.36. The van der Waals surface area contributed by atoms with E-state index in [9.17, 15) is 0 Å². The van der Waals surface area contributed by atoms with E-state index in [4.69, 9.17) is 19.9 Å². The molecule has 2 heterocycles. The molecular weight excluding hydrogens is 568 g/mol. The minimum atomic E-state index is 0.806. The molecule has 2 aromatic carbocycles. The first-order valence-corrected chi connectivity index (χ1v) is 10.0. The van der Waals surface area contributed by atoms with Crippen LogP contribution in [0.5, 0.6) is 0 Å². The molecule has 0 spiro atoms. The quantitative estimate of drug-likeness (QED) is 0.220. The Morgan fingerprint density at radius 3 is 0.833 bits per heavy atom. The molecule has 4 nitrogen and oxygen atoms in total. The zero-order valence-electron chi connectivity index (χ0n) is 11.6. The monoisotopic (exact) mass is 568 g/mol. The summed E-state index contributed by atoms with van der Waals surface area (Å²) in [6, 6.07) is 7.81. The molecule has 0 amide bonds. The summed E-state index contributed by atoms with van der Waals surface area (Å²) in [5.41, 5.74) is 6.53. The molecule has 0 fully saturated rings. The number of hydrogen-bond donors (Lipinski definition) is 0. The Morgan fingerprint density at radius 2 is 0.625 bits per heavy atom. The van der Waals surface area contributed by atoms with Crippen LogP contribution in [0.25, 0.3) is 44.8 Å². The third-order valence-electron chi connectivity index (χ3n) is 3.86. The Bertz CT molecular complexity index is 1000. The summed E-state index contributed by atoms with van der Waals surface area (Å²) in [7, 11) is 0. The van der Waals surface area contributed by atoms with E-state index in [0.29, 0.717) is 0 Å². The first kappa shape index (κ1) is 15.3. The number of aromatic nitrogens is 4. The average molecular weight is 572 g/mol. The second-order valence-corrected chi connectivity index (χ2v) is 8.77. The smallest absolute Gasteiger partial charge is 0.120 e. The van der Waals surface area contributed by atoms with Gasteiger partial charge in [-0.3, -0.25) is 0 Å². The lowest BCUT2D eigenvalue weighted by Crippen LogP contribution is -2.10. The van der Waals surface area contributed by atoms with Crippen LogP contribution in [-0.2, 0) is 0 Å². The molecule has 1 aliphatic carbocycles. The van der Waals surface area contributed by atoms with Crippen molar-refractivity contribution in [2.75, 3.05) is 0 Å². The maximum Gasteiger partial charge on any atom is 0.120 e. The van der Waals surface area contributed by atoms with Crippen LogP contribution >= 0.6 is 63.7 Å². The number of nitrogens with zero attached hydrogens (tertiary/aromatic N) is 4. The molecule has 0 atom stereocenters. The summed E-state index contributed by atoms with van der Waals surface area (Å²) < 4.78 is 3.79. The molecule has 5 rings (SSSR count). The summed E-state index contributed by atoms with van der Waals surface area (Å²) in [5.74, 6) is 0.